The fourth-order valence-electron chi connectivity index (χ4n) is 4.30. The first-order valence-corrected chi connectivity index (χ1v) is 9.87. The highest BCUT2D eigenvalue weighted by atomic mass is 32.1. The largest absolute Gasteiger partial charge is 0.303 e. The van der Waals surface area contributed by atoms with E-state index in [1.54, 1.807) is 4.88 Å². The molecule has 21 heavy (non-hydrogen) atoms. The van der Waals surface area contributed by atoms with Gasteiger partial charge in [0.15, 0.2) is 0 Å². The van der Waals surface area contributed by atoms with Gasteiger partial charge in [-0.15, -0.1) is 11.3 Å². The lowest BCUT2D eigenvalue weighted by molar-refractivity contribution is 0.172. The average molecular weight is 305 g/mol. The van der Waals surface area contributed by atoms with E-state index in [9.17, 15) is 0 Å². The number of aromatic nitrogens is 1. The number of hydrogen-bond donors (Lipinski definition) is 1. The summed E-state index contributed by atoms with van der Waals surface area (Å²) in [7, 11) is 0. The lowest BCUT2D eigenvalue weighted by Crippen LogP contribution is -2.47. The molecule has 1 heterocycles. The van der Waals surface area contributed by atoms with Crippen LogP contribution in [0.5, 0.6) is 0 Å². The van der Waals surface area contributed by atoms with Crippen LogP contribution in [0.25, 0.3) is 0 Å². The van der Waals surface area contributed by atoms with E-state index in [2.05, 4.69) is 12.2 Å². The van der Waals surface area contributed by atoms with E-state index in [1.165, 1.54) is 81.3 Å². The fraction of sp³-hybridized carbons (Fsp3) is 0.833. The zero-order valence-electron chi connectivity index (χ0n) is 13.3. The number of nitrogens with one attached hydrogen (secondary N) is 1. The fourth-order valence-corrected chi connectivity index (χ4v) is 5.64. The summed E-state index contributed by atoms with van der Waals surface area (Å²) < 4.78 is 0. The van der Waals surface area contributed by atoms with Gasteiger partial charge in [0, 0.05) is 10.9 Å². The van der Waals surface area contributed by atoms with Crippen molar-refractivity contribution in [2.24, 2.45) is 5.92 Å². The highest BCUT2D eigenvalue weighted by molar-refractivity contribution is 7.11. The van der Waals surface area contributed by atoms with Crippen molar-refractivity contribution < 1.29 is 0 Å². The van der Waals surface area contributed by atoms with Gasteiger partial charge in [-0.1, -0.05) is 26.2 Å². The molecule has 2 unspecified atom stereocenters. The van der Waals surface area contributed by atoms with Gasteiger partial charge in [-0.05, 0) is 57.3 Å². The number of hydrogen-bond acceptors (Lipinski definition) is 3. The molecule has 3 aliphatic carbocycles. The predicted molar refractivity (Wildman–Crippen MR) is 88.8 cm³/mol. The van der Waals surface area contributed by atoms with Gasteiger partial charge in [0.25, 0.3) is 0 Å². The molecule has 0 aliphatic heterocycles. The molecule has 0 amide bonds. The molecule has 2 nitrogen and oxygen atoms in total. The van der Waals surface area contributed by atoms with E-state index in [0.29, 0.717) is 0 Å². The monoisotopic (exact) mass is 304 g/mol. The number of fused-ring (bicyclic) bond motifs is 1. The maximum atomic E-state index is 5.15. The summed E-state index contributed by atoms with van der Waals surface area (Å²) in [5.74, 6) is 0.894. The topological polar surface area (TPSA) is 24.9 Å². The van der Waals surface area contributed by atoms with Crippen molar-refractivity contribution in [3.63, 3.8) is 0 Å². The number of thiazole rings is 1. The highest BCUT2D eigenvalue weighted by Gasteiger charge is 2.43. The van der Waals surface area contributed by atoms with E-state index in [4.69, 9.17) is 4.98 Å². The predicted octanol–water partition coefficient (Wildman–Crippen LogP) is 4.57. The Balaban J connectivity index is 1.66. The summed E-state index contributed by atoms with van der Waals surface area (Å²) in [6, 6.07) is 0.779. The van der Waals surface area contributed by atoms with Gasteiger partial charge in [-0.2, -0.15) is 0 Å². The molecular weight excluding hydrogens is 276 g/mol. The van der Waals surface area contributed by atoms with Crippen LogP contribution in [0.4, 0.5) is 0 Å². The van der Waals surface area contributed by atoms with Crippen molar-refractivity contribution in [3.05, 3.63) is 15.6 Å². The normalized spacial score (nSPS) is 32.9. The van der Waals surface area contributed by atoms with E-state index in [-0.39, 0.29) is 5.54 Å². The Morgan fingerprint density at radius 2 is 2.05 bits per heavy atom. The van der Waals surface area contributed by atoms with Crippen LogP contribution in [0.15, 0.2) is 0 Å². The Morgan fingerprint density at radius 3 is 2.81 bits per heavy atom. The molecule has 1 aromatic heterocycles. The molecule has 4 rings (SSSR count). The first-order valence-electron chi connectivity index (χ1n) is 9.06. The molecule has 2 fully saturated rings. The summed E-state index contributed by atoms with van der Waals surface area (Å²) in [5, 5.41) is 5.49. The zero-order chi connectivity index (χ0) is 14.3. The maximum Gasteiger partial charge on any atom is 0.113 e. The molecular formula is C18H28N2S. The van der Waals surface area contributed by atoms with Crippen molar-refractivity contribution >= 4 is 11.3 Å². The van der Waals surface area contributed by atoms with E-state index in [0.717, 1.165) is 12.0 Å². The third-order valence-electron chi connectivity index (χ3n) is 5.74. The quantitative estimate of drug-likeness (QED) is 0.881. The van der Waals surface area contributed by atoms with E-state index >= 15 is 0 Å². The Morgan fingerprint density at radius 1 is 1.19 bits per heavy atom. The number of aryl methyl sites for hydroxylation is 2. The Kier molecular flexibility index (Phi) is 3.83. The van der Waals surface area contributed by atoms with E-state index in [1.807, 2.05) is 11.3 Å². The van der Waals surface area contributed by atoms with Crippen LogP contribution in [0.1, 0.15) is 80.3 Å². The summed E-state index contributed by atoms with van der Waals surface area (Å²) in [5.41, 5.74) is 1.67. The number of rotatable bonds is 4. The van der Waals surface area contributed by atoms with Crippen LogP contribution in [0.2, 0.25) is 0 Å². The SMILES string of the molecule is CCC1CCCC(NC2CC2)(c2nc3c(s2)CCCC3)C1. The molecule has 0 radical (unpaired) electrons. The van der Waals surface area contributed by atoms with E-state index < -0.39 is 0 Å². The summed E-state index contributed by atoms with van der Waals surface area (Å²) >= 11 is 2.05. The Bertz CT molecular complexity index is 482. The molecule has 0 aromatic carbocycles. The highest BCUT2D eigenvalue weighted by Crippen LogP contribution is 2.45. The van der Waals surface area contributed by atoms with Crippen LogP contribution >= 0.6 is 11.3 Å². The van der Waals surface area contributed by atoms with Crippen molar-refractivity contribution in [2.45, 2.75) is 89.1 Å². The van der Waals surface area contributed by atoms with Gasteiger partial charge in [0.1, 0.15) is 5.01 Å². The average Bonchev–Trinajstić information content (AvgIpc) is 3.21. The van der Waals surface area contributed by atoms with Crippen molar-refractivity contribution in [3.8, 4) is 0 Å². The first kappa shape index (κ1) is 14.2. The van der Waals surface area contributed by atoms with Gasteiger partial charge >= 0.3 is 0 Å². The Hall–Kier alpha value is -0.410. The Labute approximate surface area is 132 Å². The first-order chi connectivity index (χ1) is 10.3. The van der Waals surface area contributed by atoms with Crippen LogP contribution in [0, 0.1) is 5.92 Å². The van der Waals surface area contributed by atoms with Gasteiger partial charge in [0.05, 0.1) is 11.2 Å². The minimum absolute atomic E-state index is 0.224. The zero-order valence-corrected chi connectivity index (χ0v) is 14.1. The molecule has 3 aliphatic rings. The molecule has 116 valence electrons. The second kappa shape index (κ2) is 5.66. The van der Waals surface area contributed by atoms with Crippen LogP contribution in [-0.2, 0) is 18.4 Å². The lowest BCUT2D eigenvalue weighted by Gasteiger charge is -2.40. The maximum absolute atomic E-state index is 5.15. The summed E-state index contributed by atoms with van der Waals surface area (Å²) in [6.45, 7) is 2.37. The molecule has 0 saturated heterocycles. The lowest BCUT2D eigenvalue weighted by atomic mass is 9.75. The molecule has 2 atom stereocenters. The second-order valence-corrected chi connectivity index (χ2v) is 8.55. The molecule has 2 saturated carbocycles. The van der Waals surface area contributed by atoms with Crippen LogP contribution in [0.3, 0.4) is 0 Å². The summed E-state index contributed by atoms with van der Waals surface area (Å²) in [6.07, 6.45) is 14.8. The third kappa shape index (κ3) is 2.79. The van der Waals surface area contributed by atoms with Gasteiger partial charge in [-0.3, -0.25) is 0 Å². The van der Waals surface area contributed by atoms with Crippen LogP contribution < -0.4 is 5.32 Å². The van der Waals surface area contributed by atoms with Crippen molar-refractivity contribution in [2.75, 3.05) is 0 Å². The van der Waals surface area contributed by atoms with Crippen LogP contribution in [-0.4, -0.2) is 11.0 Å². The smallest absolute Gasteiger partial charge is 0.113 e. The molecule has 1 N–H and O–H groups in total. The number of nitrogens with zero attached hydrogens (tertiary/aromatic N) is 1. The second-order valence-electron chi connectivity index (χ2n) is 7.47. The van der Waals surface area contributed by atoms with Gasteiger partial charge in [0.2, 0.25) is 0 Å². The third-order valence-corrected chi connectivity index (χ3v) is 7.10. The molecule has 3 heteroatoms. The van der Waals surface area contributed by atoms with Gasteiger partial charge < -0.3 is 5.32 Å². The molecule has 0 spiro atoms. The standard InChI is InChI=1S/C18H28N2S/c1-2-13-6-5-11-18(12-13,20-14-9-10-14)17-19-15-7-3-4-8-16(15)21-17/h13-14,20H,2-12H2,1H3. The van der Waals surface area contributed by atoms with Crippen molar-refractivity contribution in [1.82, 2.24) is 10.3 Å². The minimum atomic E-state index is 0.224. The molecule has 0 bridgehead atoms. The molecule has 1 aromatic rings. The minimum Gasteiger partial charge on any atom is -0.303 e. The van der Waals surface area contributed by atoms with Crippen molar-refractivity contribution in [1.29, 1.82) is 0 Å². The summed E-state index contributed by atoms with van der Waals surface area (Å²) in [4.78, 5) is 6.76. The van der Waals surface area contributed by atoms with Gasteiger partial charge in [-0.25, -0.2) is 4.98 Å².